The first-order chi connectivity index (χ1) is 13.7. The average Bonchev–Trinajstić information content (AvgIpc) is 3.00. The molecule has 0 amide bonds. The Morgan fingerprint density at radius 2 is 1.75 bits per heavy atom. The summed E-state index contributed by atoms with van der Waals surface area (Å²) in [7, 11) is 0. The van der Waals surface area contributed by atoms with Crippen LogP contribution in [-0.4, -0.2) is 52.0 Å². The van der Waals surface area contributed by atoms with Gasteiger partial charge in [-0.2, -0.15) is 0 Å². The van der Waals surface area contributed by atoms with Crippen molar-refractivity contribution in [2.24, 2.45) is 5.92 Å². The lowest BCUT2D eigenvalue weighted by Crippen LogP contribution is -2.43. The van der Waals surface area contributed by atoms with Gasteiger partial charge < -0.3 is 4.90 Å². The van der Waals surface area contributed by atoms with Gasteiger partial charge in [-0.3, -0.25) is 4.90 Å². The lowest BCUT2D eigenvalue weighted by Gasteiger charge is -2.36. The molecule has 3 saturated heterocycles. The second kappa shape index (κ2) is 9.15. The average molecular weight is 379 g/mol. The van der Waals surface area contributed by atoms with Crippen LogP contribution in [0.5, 0.6) is 0 Å². The third-order valence-corrected chi connectivity index (χ3v) is 6.31. The van der Waals surface area contributed by atoms with Crippen molar-refractivity contribution in [2.75, 3.05) is 26.2 Å². The molecule has 3 aliphatic rings. The zero-order chi connectivity index (χ0) is 19.3. The van der Waals surface area contributed by atoms with Crippen LogP contribution < -0.4 is 0 Å². The highest BCUT2D eigenvalue weighted by Crippen LogP contribution is 2.29. The number of aryl methyl sites for hydroxylation is 1. The molecule has 3 aliphatic heterocycles. The van der Waals surface area contributed by atoms with E-state index in [0.717, 1.165) is 18.3 Å². The van der Waals surface area contributed by atoms with Crippen LogP contribution in [0.25, 0.3) is 0 Å². The molecule has 0 spiro atoms. The van der Waals surface area contributed by atoms with Crippen LogP contribution in [0.3, 0.4) is 0 Å². The summed E-state index contributed by atoms with van der Waals surface area (Å²) in [6, 6.07) is 11.6. The predicted octanol–water partition coefficient (Wildman–Crippen LogP) is 4.13. The van der Waals surface area contributed by atoms with E-state index < -0.39 is 0 Å². The zero-order valence-corrected chi connectivity index (χ0v) is 17.4. The fourth-order valence-electron chi connectivity index (χ4n) is 4.78. The molecule has 4 heterocycles. The molecule has 1 aromatic carbocycles. The topological polar surface area (TPSA) is 32.3 Å². The molecule has 0 radical (unpaired) electrons. The molecule has 150 valence electrons. The molecule has 4 nitrogen and oxygen atoms in total. The van der Waals surface area contributed by atoms with Gasteiger partial charge in [-0.15, -0.1) is 0 Å². The van der Waals surface area contributed by atoms with Crippen LogP contribution in [-0.2, 0) is 13.0 Å². The van der Waals surface area contributed by atoms with Crippen molar-refractivity contribution >= 4 is 0 Å². The highest BCUT2D eigenvalue weighted by atomic mass is 15.3. The summed E-state index contributed by atoms with van der Waals surface area (Å²) in [5.41, 5.74) is 2.72. The first-order valence-electron chi connectivity index (χ1n) is 11.0. The molecule has 2 aromatic rings. The Bertz CT molecular complexity index is 728. The van der Waals surface area contributed by atoms with Crippen LogP contribution in [0.15, 0.2) is 42.7 Å². The predicted molar refractivity (Wildman–Crippen MR) is 114 cm³/mol. The number of benzene rings is 1. The Kier molecular flexibility index (Phi) is 6.38. The van der Waals surface area contributed by atoms with Gasteiger partial charge >= 0.3 is 0 Å². The van der Waals surface area contributed by atoms with E-state index in [4.69, 9.17) is 0 Å². The summed E-state index contributed by atoms with van der Waals surface area (Å²) in [6.07, 6.45) is 9.25. The number of aromatic nitrogens is 2. The van der Waals surface area contributed by atoms with E-state index in [9.17, 15) is 0 Å². The molecule has 2 bridgehead atoms. The minimum atomic E-state index is 0.396. The Morgan fingerprint density at radius 1 is 0.964 bits per heavy atom. The monoisotopic (exact) mass is 378 g/mol. The van der Waals surface area contributed by atoms with Gasteiger partial charge in [0.05, 0.1) is 0 Å². The normalized spacial score (nSPS) is 23.2. The van der Waals surface area contributed by atoms with Crippen molar-refractivity contribution in [3.8, 4) is 0 Å². The molecule has 0 N–H and O–H groups in total. The summed E-state index contributed by atoms with van der Waals surface area (Å²) in [5, 5.41) is 0. The largest absolute Gasteiger partial charge is 0.301 e. The van der Waals surface area contributed by atoms with Gasteiger partial charge in [0.2, 0.25) is 0 Å². The van der Waals surface area contributed by atoms with Crippen molar-refractivity contribution in [2.45, 2.75) is 58.0 Å². The molecular weight excluding hydrogens is 344 g/mol. The van der Waals surface area contributed by atoms with E-state index >= 15 is 0 Å². The second-order valence-corrected chi connectivity index (χ2v) is 8.98. The summed E-state index contributed by atoms with van der Waals surface area (Å²) >= 11 is 0. The molecule has 0 unspecified atom stereocenters. The maximum Gasteiger partial charge on any atom is 0.130 e. The highest BCUT2D eigenvalue weighted by molar-refractivity contribution is 5.14. The lowest BCUT2D eigenvalue weighted by atomic mass is 9.94. The van der Waals surface area contributed by atoms with Crippen molar-refractivity contribution in [1.82, 2.24) is 19.8 Å². The van der Waals surface area contributed by atoms with Gasteiger partial charge in [-0.05, 0) is 43.7 Å². The number of fused-ring (bicyclic) bond motifs is 4. The summed E-state index contributed by atoms with van der Waals surface area (Å²) < 4.78 is 0. The highest BCUT2D eigenvalue weighted by Gasteiger charge is 2.34. The van der Waals surface area contributed by atoms with E-state index in [-0.39, 0.29) is 0 Å². The van der Waals surface area contributed by atoms with Crippen LogP contribution in [0.2, 0.25) is 0 Å². The Balaban J connectivity index is 1.31. The molecule has 4 heteroatoms. The Morgan fingerprint density at radius 3 is 2.50 bits per heavy atom. The molecule has 1 aromatic heterocycles. The third-order valence-electron chi connectivity index (χ3n) is 6.31. The maximum atomic E-state index is 4.57. The maximum absolute atomic E-state index is 4.57. The van der Waals surface area contributed by atoms with Crippen molar-refractivity contribution in [3.05, 3.63) is 59.7 Å². The second-order valence-electron chi connectivity index (χ2n) is 8.98. The van der Waals surface area contributed by atoms with Gasteiger partial charge in [0, 0.05) is 56.1 Å². The number of rotatable bonds is 7. The van der Waals surface area contributed by atoms with Gasteiger partial charge in [-0.25, -0.2) is 9.97 Å². The van der Waals surface area contributed by atoms with Crippen molar-refractivity contribution in [1.29, 1.82) is 0 Å². The molecule has 28 heavy (non-hydrogen) atoms. The quantitative estimate of drug-likeness (QED) is 0.725. The molecule has 5 rings (SSSR count). The van der Waals surface area contributed by atoms with E-state index in [0.29, 0.717) is 12.0 Å². The first-order valence-corrected chi connectivity index (χ1v) is 11.0. The van der Waals surface area contributed by atoms with Crippen LogP contribution in [0.4, 0.5) is 0 Å². The van der Waals surface area contributed by atoms with E-state index in [1.807, 2.05) is 12.4 Å². The molecule has 0 aliphatic carbocycles. The molecule has 3 fully saturated rings. The molecular formula is C24H34N4. The van der Waals surface area contributed by atoms with Gasteiger partial charge in [0.25, 0.3) is 0 Å². The molecule has 0 saturated carbocycles. The fourth-order valence-corrected chi connectivity index (χ4v) is 4.78. The third kappa shape index (κ3) is 4.98. The van der Waals surface area contributed by atoms with E-state index in [1.165, 1.54) is 63.0 Å². The van der Waals surface area contributed by atoms with Crippen molar-refractivity contribution in [3.63, 3.8) is 0 Å². The number of hydrogen-bond donors (Lipinski definition) is 0. The van der Waals surface area contributed by atoms with Crippen LogP contribution in [0.1, 0.15) is 56.0 Å². The van der Waals surface area contributed by atoms with E-state index in [2.05, 4.69) is 63.9 Å². The summed E-state index contributed by atoms with van der Waals surface area (Å²) in [5.74, 6) is 2.16. The fraction of sp³-hybridized carbons (Fsp3) is 0.583. The Hall–Kier alpha value is -1.78. The van der Waals surface area contributed by atoms with Gasteiger partial charge in [0.15, 0.2) is 0 Å². The number of piperidine rings is 1. The lowest BCUT2D eigenvalue weighted by molar-refractivity contribution is 0.123. The minimum Gasteiger partial charge on any atom is -0.301 e. The van der Waals surface area contributed by atoms with Crippen molar-refractivity contribution < 1.29 is 0 Å². The SMILES string of the molecule is CC(C)c1ncc(CN2C[C@H]3CC[C@@H]2CN(CCCc2ccccc2)C3)cn1. The Labute approximate surface area is 170 Å². The zero-order valence-electron chi connectivity index (χ0n) is 17.4. The summed E-state index contributed by atoms with van der Waals surface area (Å²) in [4.78, 5) is 14.5. The number of hydrogen-bond acceptors (Lipinski definition) is 4. The van der Waals surface area contributed by atoms with Crippen LogP contribution in [0, 0.1) is 5.92 Å². The number of nitrogens with zero attached hydrogens (tertiary/aromatic N) is 4. The molecule has 2 atom stereocenters. The minimum absolute atomic E-state index is 0.396. The standard InChI is InChI=1S/C24H34N4/c1-19(2)24-25-13-22(14-26-24)17-28-16-21-10-11-23(28)18-27(15-21)12-6-9-20-7-4-3-5-8-20/h3-5,7-8,13-14,19,21,23H,6,9-12,15-18H2,1-2H3/t21-,23+/m0/s1. The smallest absolute Gasteiger partial charge is 0.130 e. The van der Waals surface area contributed by atoms with Gasteiger partial charge in [-0.1, -0.05) is 44.2 Å². The van der Waals surface area contributed by atoms with E-state index in [1.54, 1.807) is 0 Å². The first kappa shape index (κ1) is 19.5. The van der Waals surface area contributed by atoms with Crippen LogP contribution >= 0.6 is 0 Å². The summed E-state index contributed by atoms with van der Waals surface area (Å²) in [6.45, 7) is 10.2. The van der Waals surface area contributed by atoms with Gasteiger partial charge in [0.1, 0.15) is 5.82 Å².